The van der Waals surface area contributed by atoms with Gasteiger partial charge in [-0.15, -0.1) is 0 Å². The molecule has 2 nitrogen and oxygen atoms in total. The van der Waals surface area contributed by atoms with E-state index in [0.29, 0.717) is 6.07 Å². The monoisotopic (exact) mass is 248 g/mol. The molecule has 0 aliphatic heterocycles. The van der Waals surface area contributed by atoms with Crippen molar-refractivity contribution in [1.82, 2.24) is 4.98 Å². The summed E-state index contributed by atoms with van der Waals surface area (Å²) in [4.78, 5) is 3.32. The second-order valence-corrected chi connectivity index (χ2v) is 3.32. The third-order valence-electron chi connectivity index (χ3n) is 2.21. The first-order valence-corrected chi connectivity index (χ1v) is 4.43. The highest BCUT2D eigenvalue weighted by Crippen LogP contribution is 2.29. The van der Waals surface area contributed by atoms with E-state index in [1.54, 1.807) is 0 Å². The quantitative estimate of drug-likeness (QED) is 0.621. The maximum atomic E-state index is 13.3. The largest absolute Gasteiger partial charge is 0.398 e. The van der Waals surface area contributed by atoms with E-state index in [0.717, 1.165) is 6.07 Å². The molecule has 2 N–H and O–H groups in total. The van der Waals surface area contributed by atoms with Crippen LogP contribution in [0.25, 0.3) is 10.9 Å². The topological polar surface area (TPSA) is 38.9 Å². The Bertz CT molecular complexity index is 597. The predicted octanol–water partition coefficient (Wildman–Crippen LogP) is 3.17. The molecule has 0 unspecified atom stereocenters. The van der Waals surface area contributed by atoms with E-state index in [4.69, 9.17) is 5.73 Å². The summed E-state index contributed by atoms with van der Waals surface area (Å²) in [7, 11) is 0. The average Bonchev–Trinajstić information content (AvgIpc) is 2.25. The number of nitrogen functional groups attached to an aromatic ring is 1. The van der Waals surface area contributed by atoms with Crippen molar-refractivity contribution in [1.29, 1.82) is 0 Å². The van der Waals surface area contributed by atoms with Gasteiger partial charge in [0.1, 0.15) is 5.69 Å². The summed E-state index contributed by atoms with van der Waals surface area (Å²) in [5, 5.41) is -0.506. The molecule has 7 heteroatoms. The van der Waals surface area contributed by atoms with Crippen LogP contribution in [0.2, 0.25) is 0 Å². The minimum absolute atomic E-state index is 0.415. The standard InChI is InChI=1S/C10H5F5N2/c11-3-1-5-7(9(13)8(3)12)4(16)2-6(17-5)10(14)15/h1-2,10H,(H2,16,17). The summed E-state index contributed by atoms with van der Waals surface area (Å²) in [6, 6.07) is 1.25. The van der Waals surface area contributed by atoms with Gasteiger partial charge in [-0.3, -0.25) is 0 Å². The van der Waals surface area contributed by atoms with E-state index in [1.807, 2.05) is 0 Å². The highest BCUT2D eigenvalue weighted by atomic mass is 19.3. The van der Waals surface area contributed by atoms with Crippen LogP contribution in [0.15, 0.2) is 12.1 Å². The number of anilines is 1. The number of hydrogen-bond acceptors (Lipinski definition) is 2. The Hall–Kier alpha value is -1.92. The van der Waals surface area contributed by atoms with Crippen LogP contribution in [0.1, 0.15) is 12.1 Å². The van der Waals surface area contributed by atoms with Crippen molar-refractivity contribution in [2.24, 2.45) is 0 Å². The molecule has 1 aromatic carbocycles. The molecule has 2 rings (SSSR count). The maximum absolute atomic E-state index is 13.3. The average molecular weight is 248 g/mol. The molecule has 0 radical (unpaired) electrons. The number of halogens is 5. The van der Waals surface area contributed by atoms with Crippen LogP contribution < -0.4 is 5.73 Å². The first-order chi connectivity index (χ1) is 7.91. The van der Waals surface area contributed by atoms with Crippen LogP contribution in [0.3, 0.4) is 0 Å². The fraction of sp³-hybridized carbons (Fsp3) is 0.100. The van der Waals surface area contributed by atoms with Gasteiger partial charge in [0.05, 0.1) is 10.9 Å². The summed E-state index contributed by atoms with van der Waals surface area (Å²) >= 11 is 0. The van der Waals surface area contributed by atoms with Crippen molar-refractivity contribution in [3.63, 3.8) is 0 Å². The summed E-state index contributed by atoms with van der Waals surface area (Å²) in [5.41, 5.74) is 3.73. The van der Waals surface area contributed by atoms with Gasteiger partial charge in [-0.1, -0.05) is 0 Å². The number of nitrogens with zero attached hydrogens (tertiary/aromatic N) is 1. The summed E-state index contributed by atoms with van der Waals surface area (Å²) in [6.07, 6.45) is -2.93. The van der Waals surface area contributed by atoms with E-state index in [1.165, 1.54) is 0 Å². The van der Waals surface area contributed by atoms with Crippen molar-refractivity contribution in [3.8, 4) is 0 Å². The fourth-order valence-electron chi connectivity index (χ4n) is 1.46. The van der Waals surface area contributed by atoms with Crippen molar-refractivity contribution >= 4 is 16.6 Å². The lowest BCUT2D eigenvalue weighted by Gasteiger charge is -2.07. The van der Waals surface area contributed by atoms with E-state index >= 15 is 0 Å². The number of rotatable bonds is 1. The number of nitrogens with two attached hydrogens (primary N) is 1. The molecule has 0 aliphatic rings. The predicted molar refractivity (Wildman–Crippen MR) is 51.0 cm³/mol. The van der Waals surface area contributed by atoms with Gasteiger partial charge in [-0.25, -0.2) is 26.9 Å². The Balaban J connectivity index is 2.87. The number of hydrogen-bond donors (Lipinski definition) is 1. The van der Waals surface area contributed by atoms with Gasteiger partial charge in [0.2, 0.25) is 0 Å². The van der Waals surface area contributed by atoms with Crippen LogP contribution in [-0.4, -0.2) is 4.98 Å². The molecule has 0 saturated heterocycles. The number of fused-ring (bicyclic) bond motifs is 1. The van der Waals surface area contributed by atoms with Gasteiger partial charge in [0.15, 0.2) is 17.5 Å². The Labute approximate surface area is 91.9 Å². The zero-order valence-corrected chi connectivity index (χ0v) is 8.15. The van der Waals surface area contributed by atoms with Crippen LogP contribution in [-0.2, 0) is 0 Å². The van der Waals surface area contributed by atoms with Crippen molar-refractivity contribution in [2.45, 2.75) is 6.43 Å². The first kappa shape index (κ1) is 11.6. The number of alkyl halides is 2. The van der Waals surface area contributed by atoms with E-state index in [2.05, 4.69) is 4.98 Å². The molecule has 0 bridgehead atoms. The third-order valence-corrected chi connectivity index (χ3v) is 2.21. The highest BCUT2D eigenvalue weighted by Gasteiger charge is 2.19. The molecule has 0 atom stereocenters. The Morgan fingerprint density at radius 1 is 1.06 bits per heavy atom. The second kappa shape index (κ2) is 3.83. The van der Waals surface area contributed by atoms with Crippen LogP contribution in [0.4, 0.5) is 27.6 Å². The van der Waals surface area contributed by atoms with Gasteiger partial charge in [-0.05, 0) is 6.07 Å². The highest BCUT2D eigenvalue weighted by molar-refractivity contribution is 5.91. The van der Waals surface area contributed by atoms with E-state index in [9.17, 15) is 22.0 Å². The minimum atomic E-state index is -2.93. The smallest absolute Gasteiger partial charge is 0.280 e. The van der Waals surface area contributed by atoms with Gasteiger partial charge in [-0.2, -0.15) is 0 Å². The van der Waals surface area contributed by atoms with Crippen molar-refractivity contribution in [3.05, 3.63) is 35.3 Å². The molecule has 1 heterocycles. The molecule has 0 fully saturated rings. The summed E-state index contributed by atoms with van der Waals surface area (Å²) < 4.78 is 63.9. The lowest BCUT2D eigenvalue weighted by Crippen LogP contribution is -2.01. The Morgan fingerprint density at radius 3 is 2.29 bits per heavy atom. The first-order valence-electron chi connectivity index (χ1n) is 4.43. The summed E-state index contributed by atoms with van der Waals surface area (Å²) in [6.45, 7) is 0. The molecule has 2 aromatic rings. The maximum Gasteiger partial charge on any atom is 0.280 e. The molecule has 0 amide bonds. The van der Waals surface area contributed by atoms with Crippen LogP contribution in [0, 0.1) is 17.5 Å². The minimum Gasteiger partial charge on any atom is -0.398 e. The molecular weight excluding hydrogens is 243 g/mol. The Morgan fingerprint density at radius 2 is 1.71 bits per heavy atom. The van der Waals surface area contributed by atoms with Crippen LogP contribution >= 0.6 is 0 Å². The normalized spacial score (nSPS) is 11.4. The zero-order valence-electron chi connectivity index (χ0n) is 8.15. The van der Waals surface area contributed by atoms with Crippen LogP contribution in [0.5, 0.6) is 0 Å². The van der Waals surface area contributed by atoms with Gasteiger partial charge in [0.25, 0.3) is 6.43 Å². The van der Waals surface area contributed by atoms with E-state index in [-0.39, 0.29) is 0 Å². The lowest BCUT2D eigenvalue weighted by molar-refractivity contribution is 0.146. The molecule has 90 valence electrons. The molecule has 1 aromatic heterocycles. The van der Waals surface area contributed by atoms with Crippen molar-refractivity contribution < 1.29 is 22.0 Å². The Kier molecular flexibility index (Phi) is 2.60. The zero-order chi connectivity index (χ0) is 12.7. The number of pyridine rings is 1. The molecule has 0 spiro atoms. The molecule has 17 heavy (non-hydrogen) atoms. The van der Waals surface area contributed by atoms with E-state index < -0.39 is 46.2 Å². The van der Waals surface area contributed by atoms with Gasteiger partial charge < -0.3 is 5.73 Å². The SMILES string of the molecule is Nc1cc(C(F)F)nc2cc(F)c(F)c(F)c12. The van der Waals surface area contributed by atoms with Crippen molar-refractivity contribution in [2.75, 3.05) is 5.73 Å². The second-order valence-electron chi connectivity index (χ2n) is 3.32. The molecule has 0 saturated carbocycles. The third kappa shape index (κ3) is 1.77. The number of aromatic nitrogens is 1. The number of benzene rings is 1. The lowest BCUT2D eigenvalue weighted by atomic mass is 10.1. The van der Waals surface area contributed by atoms with Gasteiger partial charge in [0, 0.05) is 11.8 Å². The molecule has 0 aliphatic carbocycles. The molecular formula is C10H5F5N2. The van der Waals surface area contributed by atoms with Gasteiger partial charge >= 0.3 is 0 Å². The fourth-order valence-corrected chi connectivity index (χ4v) is 1.46. The summed E-state index contributed by atoms with van der Waals surface area (Å²) in [5.74, 6) is -4.75.